The zero-order valence-electron chi connectivity index (χ0n) is 6.97. The molecule has 0 aromatic carbocycles. The Labute approximate surface area is 82.0 Å². The van der Waals surface area contributed by atoms with Gasteiger partial charge in [-0.05, 0) is 19.9 Å². The SMILES string of the molecule is CC1=CC=CC(=O)C1(C)C(Cl)Cl. The van der Waals surface area contributed by atoms with Crippen molar-refractivity contribution in [1.29, 1.82) is 0 Å². The first-order valence-corrected chi connectivity index (χ1v) is 4.55. The molecule has 66 valence electrons. The van der Waals surface area contributed by atoms with Crippen molar-refractivity contribution in [2.24, 2.45) is 5.41 Å². The van der Waals surface area contributed by atoms with E-state index >= 15 is 0 Å². The Morgan fingerprint density at radius 1 is 1.50 bits per heavy atom. The summed E-state index contributed by atoms with van der Waals surface area (Å²) in [6.07, 6.45) is 5.08. The molecule has 1 rings (SSSR count). The lowest BCUT2D eigenvalue weighted by molar-refractivity contribution is -0.120. The predicted octanol–water partition coefficient (Wildman–Crippen LogP) is 2.88. The fourth-order valence-electron chi connectivity index (χ4n) is 1.10. The van der Waals surface area contributed by atoms with Crippen LogP contribution in [-0.4, -0.2) is 10.6 Å². The Morgan fingerprint density at radius 3 is 2.42 bits per heavy atom. The van der Waals surface area contributed by atoms with Crippen LogP contribution in [0.2, 0.25) is 0 Å². The molecule has 1 aliphatic rings. The maximum absolute atomic E-state index is 11.5. The van der Waals surface area contributed by atoms with E-state index in [2.05, 4.69) is 0 Å². The van der Waals surface area contributed by atoms with E-state index in [0.717, 1.165) is 5.57 Å². The highest BCUT2D eigenvalue weighted by atomic mass is 35.5. The molecule has 0 saturated carbocycles. The van der Waals surface area contributed by atoms with Gasteiger partial charge in [-0.2, -0.15) is 0 Å². The highest BCUT2D eigenvalue weighted by Gasteiger charge is 2.40. The van der Waals surface area contributed by atoms with E-state index in [1.807, 2.05) is 13.0 Å². The lowest BCUT2D eigenvalue weighted by Gasteiger charge is -2.30. The lowest BCUT2D eigenvalue weighted by Crippen LogP contribution is -2.35. The molecule has 1 unspecified atom stereocenters. The number of halogens is 2. The highest BCUT2D eigenvalue weighted by molar-refractivity contribution is 6.46. The minimum atomic E-state index is -0.738. The summed E-state index contributed by atoms with van der Waals surface area (Å²) < 4.78 is 0. The number of rotatable bonds is 1. The molecule has 0 saturated heterocycles. The Balaban J connectivity index is 3.11. The lowest BCUT2D eigenvalue weighted by atomic mass is 9.78. The van der Waals surface area contributed by atoms with Crippen molar-refractivity contribution in [3.05, 3.63) is 23.8 Å². The second kappa shape index (κ2) is 3.23. The van der Waals surface area contributed by atoms with Crippen LogP contribution in [0.4, 0.5) is 0 Å². The highest BCUT2D eigenvalue weighted by Crippen LogP contribution is 2.39. The van der Waals surface area contributed by atoms with E-state index in [1.54, 1.807) is 13.0 Å². The Morgan fingerprint density at radius 2 is 2.08 bits per heavy atom. The number of hydrogen-bond acceptors (Lipinski definition) is 1. The van der Waals surface area contributed by atoms with Crippen molar-refractivity contribution >= 4 is 29.0 Å². The molecule has 1 nitrogen and oxygen atoms in total. The minimum Gasteiger partial charge on any atom is -0.294 e. The zero-order chi connectivity index (χ0) is 9.35. The quantitative estimate of drug-likeness (QED) is 0.601. The van der Waals surface area contributed by atoms with Crippen LogP contribution in [0.15, 0.2) is 23.8 Å². The summed E-state index contributed by atoms with van der Waals surface area (Å²) >= 11 is 11.5. The van der Waals surface area contributed by atoms with Crippen LogP contribution in [0, 0.1) is 5.41 Å². The van der Waals surface area contributed by atoms with Gasteiger partial charge in [-0.25, -0.2) is 0 Å². The summed E-state index contributed by atoms with van der Waals surface area (Å²) in [6, 6.07) is 0. The third-order valence-electron chi connectivity index (χ3n) is 2.36. The van der Waals surface area contributed by atoms with Crippen LogP contribution >= 0.6 is 23.2 Å². The molecule has 0 amide bonds. The Kier molecular flexibility index (Phi) is 2.64. The molecular weight excluding hydrogens is 195 g/mol. The number of carbonyl (C=O) groups is 1. The van der Waals surface area contributed by atoms with E-state index in [0.29, 0.717) is 0 Å². The first-order valence-electron chi connectivity index (χ1n) is 3.67. The van der Waals surface area contributed by atoms with Gasteiger partial charge in [0.2, 0.25) is 0 Å². The average Bonchev–Trinajstić information content (AvgIpc) is 1.99. The maximum Gasteiger partial charge on any atom is 0.168 e. The summed E-state index contributed by atoms with van der Waals surface area (Å²) in [5.74, 6) is -0.0301. The minimum absolute atomic E-state index is 0.0301. The van der Waals surface area contributed by atoms with Crippen LogP contribution in [0.1, 0.15) is 13.8 Å². The summed E-state index contributed by atoms with van der Waals surface area (Å²) in [4.78, 5) is 10.8. The molecule has 0 spiro atoms. The first-order chi connectivity index (χ1) is 5.49. The number of alkyl halides is 2. The molecule has 1 atom stereocenters. The largest absolute Gasteiger partial charge is 0.294 e. The van der Waals surface area contributed by atoms with E-state index in [9.17, 15) is 4.79 Å². The maximum atomic E-state index is 11.5. The van der Waals surface area contributed by atoms with Gasteiger partial charge in [0.05, 0.1) is 5.41 Å². The molecule has 0 aromatic rings. The van der Waals surface area contributed by atoms with Crippen molar-refractivity contribution < 1.29 is 4.79 Å². The zero-order valence-corrected chi connectivity index (χ0v) is 8.49. The average molecular weight is 205 g/mol. The molecule has 0 heterocycles. The van der Waals surface area contributed by atoms with Gasteiger partial charge in [0.1, 0.15) is 4.84 Å². The van der Waals surface area contributed by atoms with Crippen LogP contribution < -0.4 is 0 Å². The fraction of sp³-hybridized carbons (Fsp3) is 0.444. The van der Waals surface area contributed by atoms with Crippen molar-refractivity contribution in [2.75, 3.05) is 0 Å². The van der Waals surface area contributed by atoms with Crippen LogP contribution in [0.25, 0.3) is 0 Å². The number of hydrogen-bond donors (Lipinski definition) is 0. The Hall–Kier alpha value is -0.270. The molecule has 3 heteroatoms. The van der Waals surface area contributed by atoms with Gasteiger partial charge >= 0.3 is 0 Å². The van der Waals surface area contributed by atoms with Gasteiger partial charge < -0.3 is 0 Å². The van der Waals surface area contributed by atoms with E-state index in [1.165, 1.54) is 6.08 Å². The van der Waals surface area contributed by atoms with E-state index in [-0.39, 0.29) is 5.78 Å². The van der Waals surface area contributed by atoms with Crippen LogP contribution in [0.5, 0.6) is 0 Å². The summed E-state index contributed by atoms with van der Waals surface area (Å²) in [5.41, 5.74) is 0.169. The first kappa shape index (κ1) is 9.82. The van der Waals surface area contributed by atoms with Gasteiger partial charge in [-0.3, -0.25) is 4.79 Å². The van der Waals surface area contributed by atoms with Gasteiger partial charge in [-0.1, -0.05) is 17.7 Å². The number of ketones is 1. The summed E-state index contributed by atoms with van der Waals surface area (Å²) in [7, 11) is 0. The normalized spacial score (nSPS) is 29.4. The standard InChI is InChI=1S/C9H10Cl2O/c1-6-4-3-5-7(12)9(6,2)8(10)11/h3-5,8H,1-2H3. The third kappa shape index (κ3) is 1.32. The van der Waals surface area contributed by atoms with Gasteiger partial charge in [-0.15, -0.1) is 23.2 Å². The fourth-order valence-corrected chi connectivity index (χ4v) is 1.66. The molecule has 0 fully saturated rings. The molecule has 12 heavy (non-hydrogen) atoms. The summed E-state index contributed by atoms with van der Waals surface area (Å²) in [5, 5.41) is 0. The number of carbonyl (C=O) groups excluding carboxylic acids is 1. The molecule has 0 radical (unpaired) electrons. The topological polar surface area (TPSA) is 17.1 Å². The molecule has 1 aliphatic carbocycles. The second-order valence-electron chi connectivity index (χ2n) is 3.08. The monoisotopic (exact) mass is 204 g/mol. The van der Waals surface area contributed by atoms with Crippen molar-refractivity contribution in [3.8, 4) is 0 Å². The van der Waals surface area contributed by atoms with Gasteiger partial charge in [0.15, 0.2) is 5.78 Å². The second-order valence-corrected chi connectivity index (χ2v) is 4.17. The molecular formula is C9H10Cl2O. The predicted molar refractivity (Wildman–Crippen MR) is 51.5 cm³/mol. The van der Waals surface area contributed by atoms with Crippen molar-refractivity contribution in [1.82, 2.24) is 0 Å². The van der Waals surface area contributed by atoms with Crippen LogP contribution in [0.3, 0.4) is 0 Å². The molecule has 0 N–H and O–H groups in total. The molecule has 0 bridgehead atoms. The summed E-state index contributed by atoms with van der Waals surface area (Å²) in [6.45, 7) is 3.62. The molecule has 0 aliphatic heterocycles. The van der Waals surface area contributed by atoms with Gasteiger partial charge in [0, 0.05) is 0 Å². The smallest absolute Gasteiger partial charge is 0.168 e. The van der Waals surface area contributed by atoms with E-state index < -0.39 is 10.3 Å². The van der Waals surface area contributed by atoms with Crippen molar-refractivity contribution in [2.45, 2.75) is 18.7 Å². The Bertz CT molecular complexity index is 266. The third-order valence-corrected chi connectivity index (χ3v) is 3.23. The van der Waals surface area contributed by atoms with Crippen molar-refractivity contribution in [3.63, 3.8) is 0 Å². The van der Waals surface area contributed by atoms with E-state index in [4.69, 9.17) is 23.2 Å². The van der Waals surface area contributed by atoms with Crippen LogP contribution in [-0.2, 0) is 4.79 Å². The number of allylic oxidation sites excluding steroid dienone is 4. The van der Waals surface area contributed by atoms with Gasteiger partial charge in [0.25, 0.3) is 0 Å². The molecule has 0 aromatic heterocycles.